The van der Waals surface area contributed by atoms with Gasteiger partial charge in [-0.3, -0.25) is 0 Å². The van der Waals surface area contributed by atoms with Crippen LogP contribution in [0.25, 0.3) is 0 Å². The molecule has 0 radical (unpaired) electrons. The Labute approximate surface area is 59.2 Å². The zero-order valence-corrected chi connectivity index (χ0v) is 5.67. The maximum Gasteiger partial charge on any atom is 0.329 e. The molecule has 1 atom stereocenters. The number of carboxylic acids is 1. The fourth-order valence-corrected chi connectivity index (χ4v) is 0.960. The van der Waals surface area contributed by atoms with Crippen LogP contribution in [0, 0.1) is 0 Å². The van der Waals surface area contributed by atoms with E-state index in [9.17, 15) is 4.79 Å². The van der Waals surface area contributed by atoms with Crippen molar-refractivity contribution in [1.29, 1.82) is 0 Å². The molecule has 1 heterocycles. The lowest BCUT2D eigenvalue weighted by molar-refractivity contribution is -0.143. The molecular formula is C6H11NO3. The summed E-state index contributed by atoms with van der Waals surface area (Å²) in [6, 6.07) is 0. The predicted octanol–water partition coefficient (Wildman–Crippen LogP) is -0.551. The smallest absolute Gasteiger partial charge is 0.329 e. The summed E-state index contributed by atoms with van der Waals surface area (Å²) in [7, 11) is 0. The zero-order chi connectivity index (χ0) is 7.40. The molecule has 0 aromatic rings. The lowest BCUT2D eigenvalue weighted by atomic mass is 10.3. The van der Waals surface area contributed by atoms with Gasteiger partial charge in [-0.05, 0) is 13.0 Å². The number of ether oxygens (including phenoxy) is 1. The molecule has 0 aromatic heterocycles. The van der Waals surface area contributed by atoms with Crippen molar-refractivity contribution in [2.45, 2.75) is 12.5 Å². The first-order valence-corrected chi connectivity index (χ1v) is 3.33. The monoisotopic (exact) mass is 145 g/mol. The van der Waals surface area contributed by atoms with Crippen molar-refractivity contribution in [3.63, 3.8) is 0 Å². The van der Waals surface area contributed by atoms with E-state index >= 15 is 0 Å². The molecule has 0 spiro atoms. The summed E-state index contributed by atoms with van der Waals surface area (Å²) in [6.07, 6.45) is 1.03. The van der Waals surface area contributed by atoms with Crippen LogP contribution in [0.15, 0.2) is 0 Å². The normalized spacial score (nSPS) is 25.0. The Morgan fingerprint density at radius 3 is 3.10 bits per heavy atom. The Morgan fingerprint density at radius 1 is 1.80 bits per heavy atom. The highest BCUT2D eigenvalue weighted by Crippen LogP contribution is 2.01. The Bertz CT molecular complexity index is 120. The number of hydrogen-bond donors (Lipinski definition) is 2. The molecule has 0 amide bonds. The quantitative estimate of drug-likeness (QED) is 0.559. The van der Waals surface area contributed by atoms with Crippen molar-refractivity contribution < 1.29 is 14.6 Å². The second-order valence-corrected chi connectivity index (χ2v) is 2.32. The molecule has 1 aliphatic rings. The third kappa shape index (κ3) is 2.33. The summed E-state index contributed by atoms with van der Waals surface area (Å²) in [5, 5.41) is 11.3. The van der Waals surface area contributed by atoms with E-state index in [1.807, 2.05) is 0 Å². The van der Waals surface area contributed by atoms with Crippen LogP contribution in [0.1, 0.15) is 6.42 Å². The standard InChI is InChI=1S/C6H11NO3/c8-6(9)4-10-5-1-2-7-3-5/h5,7H,1-4H2,(H,8,9)/t5-/m1/s1. The van der Waals surface area contributed by atoms with Gasteiger partial charge in [-0.25, -0.2) is 4.79 Å². The molecule has 4 heteroatoms. The van der Waals surface area contributed by atoms with Crippen LogP contribution in [0.3, 0.4) is 0 Å². The van der Waals surface area contributed by atoms with Gasteiger partial charge < -0.3 is 15.2 Å². The maximum absolute atomic E-state index is 10.0. The minimum Gasteiger partial charge on any atom is -0.480 e. The van der Waals surface area contributed by atoms with Crippen LogP contribution in [-0.4, -0.2) is 36.9 Å². The van der Waals surface area contributed by atoms with Crippen LogP contribution in [0.2, 0.25) is 0 Å². The highest BCUT2D eigenvalue weighted by atomic mass is 16.5. The largest absolute Gasteiger partial charge is 0.480 e. The van der Waals surface area contributed by atoms with E-state index in [-0.39, 0.29) is 12.7 Å². The number of aliphatic carboxylic acids is 1. The molecule has 0 bridgehead atoms. The zero-order valence-electron chi connectivity index (χ0n) is 5.67. The lowest BCUT2D eigenvalue weighted by Gasteiger charge is -2.06. The van der Waals surface area contributed by atoms with Gasteiger partial charge in [-0.2, -0.15) is 0 Å². The van der Waals surface area contributed by atoms with Crippen LogP contribution in [0.4, 0.5) is 0 Å². The number of carboxylic acid groups (broad SMARTS) is 1. The molecule has 1 rings (SSSR count). The summed E-state index contributed by atoms with van der Waals surface area (Å²) in [5.74, 6) is -0.896. The first-order valence-electron chi connectivity index (χ1n) is 3.33. The third-order valence-electron chi connectivity index (χ3n) is 1.46. The molecule has 0 aromatic carbocycles. The van der Waals surface area contributed by atoms with E-state index < -0.39 is 5.97 Å². The minimum absolute atomic E-state index is 0.107. The van der Waals surface area contributed by atoms with Crippen molar-refractivity contribution in [3.05, 3.63) is 0 Å². The average Bonchev–Trinajstić information content (AvgIpc) is 2.34. The van der Waals surface area contributed by atoms with E-state index in [1.165, 1.54) is 0 Å². The Morgan fingerprint density at radius 2 is 2.60 bits per heavy atom. The minimum atomic E-state index is -0.896. The first kappa shape index (κ1) is 7.50. The molecular weight excluding hydrogens is 134 g/mol. The fraction of sp³-hybridized carbons (Fsp3) is 0.833. The van der Waals surface area contributed by atoms with Gasteiger partial charge in [0, 0.05) is 6.54 Å². The molecule has 4 nitrogen and oxygen atoms in total. The van der Waals surface area contributed by atoms with Gasteiger partial charge in [0.1, 0.15) is 6.61 Å². The molecule has 0 unspecified atom stereocenters. The lowest BCUT2D eigenvalue weighted by Crippen LogP contribution is -2.20. The molecule has 0 aliphatic carbocycles. The number of rotatable bonds is 3. The Balaban J connectivity index is 2.07. The molecule has 10 heavy (non-hydrogen) atoms. The Kier molecular flexibility index (Phi) is 2.65. The van der Waals surface area contributed by atoms with Gasteiger partial charge in [-0.1, -0.05) is 0 Å². The van der Waals surface area contributed by atoms with Crippen LogP contribution >= 0.6 is 0 Å². The molecule has 1 saturated heterocycles. The van der Waals surface area contributed by atoms with E-state index in [0.717, 1.165) is 19.5 Å². The summed E-state index contributed by atoms with van der Waals surface area (Å²) >= 11 is 0. The number of carbonyl (C=O) groups is 1. The molecule has 58 valence electrons. The van der Waals surface area contributed by atoms with Gasteiger partial charge in [-0.15, -0.1) is 0 Å². The van der Waals surface area contributed by atoms with Crippen LogP contribution in [-0.2, 0) is 9.53 Å². The van der Waals surface area contributed by atoms with Gasteiger partial charge in [0.2, 0.25) is 0 Å². The van der Waals surface area contributed by atoms with Crippen LogP contribution < -0.4 is 5.32 Å². The van der Waals surface area contributed by atoms with Crippen molar-refractivity contribution in [1.82, 2.24) is 5.32 Å². The highest BCUT2D eigenvalue weighted by Gasteiger charge is 2.15. The predicted molar refractivity (Wildman–Crippen MR) is 34.9 cm³/mol. The second-order valence-electron chi connectivity index (χ2n) is 2.32. The Hall–Kier alpha value is -0.610. The molecule has 1 fully saturated rings. The third-order valence-corrected chi connectivity index (χ3v) is 1.46. The van der Waals surface area contributed by atoms with E-state index in [4.69, 9.17) is 9.84 Å². The van der Waals surface area contributed by atoms with Gasteiger partial charge in [0.15, 0.2) is 0 Å². The topological polar surface area (TPSA) is 58.6 Å². The van der Waals surface area contributed by atoms with E-state index in [1.54, 1.807) is 0 Å². The van der Waals surface area contributed by atoms with Crippen molar-refractivity contribution in [2.24, 2.45) is 0 Å². The summed E-state index contributed by atoms with van der Waals surface area (Å²) in [5.41, 5.74) is 0. The van der Waals surface area contributed by atoms with Gasteiger partial charge in [0.25, 0.3) is 0 Å². The van der Waals surface area contributed by atoms with Crippen molar-refractivity contribution >= 4 is 5.97 Å². The van der Waals surface area contributed by atoms with Crippen LogP contribution in [0.5, 0.6) is 0 Å². The first-order chi connectivity index (χ1) is 4.79. The maximum atomic E-state index is 10.0. The summed E-state index contributed by atoms with van der Waals surface area (Å²) < 4.78 is 5.00. The average molecular weight is 145 g/mol. The summed E-state index contributed by atoms with van der Waals surface area (Å²) in [6.45, 7) is 1.55. The SMILES string of the molecule is O=C(O)CO[C@@H]1CCNC1. The fourth-order valence-electron chi connectivity index (χ4n) is 0.960. The molecule has 1 aliphatic heterocycles. The number of hydrogen-bond acceptors (Lipinski definition) is 3. The van der Waals surface area contributed by atoms with E-state index in [0.29, 0.717) is 0 Å². The highest BCUT2D eigenvalue weighted by molar-refractivity contribution is 5.68. The van der Waals surface area contributed by atoms with E-state index in [2.05, 4.69) is 5.32 Å². The summed E-state index contributed by atoms with van der Waals surface area (Å²) in [4.78, 5) is 10.0. The van der Waals surface area contributed by atoms with Gasteiger partial charge >= 0.3 is 5.97 Å². The van der Waals surface area contributed by atoms with Crippen molar-refractivity contribution in [2.75, 3.05) is 19.7 Å². The molecule has 2 N–H and O–H groups in total. The second kappa shape index (κ2) is 3.53. The number of nitrogens with one attached hydrogen (secondary N) is 1. The van der Waals surface area contributed by atoms with Gasteiger partial charge in [0.05, 0.1) is 6.10 Å². The van der Waals surface area contributed by atoms with Crippen molar-refractivity contribution in [3.8, 4) is 0 Å². The molecule has 0 saturated carbocycles.